The largest absolute Gasteiger partial charge is 0.508 e. The third-order valence-corrected chi connectivity index (χ3v) is 9.36. The molecule has 2 aliphatic heterocycles. The summed E-state index contributed by atoms with van der Waals surface area (Å²) in [6.45, 7) is 1.87. The molecule has 8 heteroatoms. The topological polar surface area (TPSA) is 121 Å². The standard InChI is InChI=1S/C34H29NO7/c1-17-12-27(38)26-15-25-23(29(31(26)32(17)39)20-13-19-14-22(37)6-9-28(19)42-16-20)7-8-24-30(25)34(41)35(33(24)40)11-10-18-2-4-21(36)5-3-18/h2-7,9,12,14,16,24-25,29-30,36-37H,8,10-11,13,15H2,1H3. The van der Waals surface area contributed by atoms with Gasteiger partial charge in [0.1, 0.15) is 17.2 Å². The summed E-state index contributed by atoms with van der Waals surface area (Å²) in [6.07, 6.45) is 6.47. The van der Waals surface area contributed by atoms with Crippen LogP contribution in [0.4, 0.5) is 0 Å². The Hall–Kier alpha value is -4.72. The van der Waals surface area contributed by atoms with Gasteiger partial charge in [-0.1, -0.05) is 23.8 Å². The van der Waals surface area contributed by atoms with Gasteiger partial charge in [0.2, 0.25) is 11.8 Å². The van der Waals surface area contributed by atoms with Gasteiger partial charge in [0.15, 0.2) is 11.6 Å². The molecule has 3 aliphatic carbocycles. The molecule has 1 fully saturated rings. The summed E-state index contributed by atoms with van der Waals surface area (Å²) < 4.78 is 5.94. The number of carbonyl (C=O) groups is 4. The number of hydrogen-bond acceptors (Lipinski definition) is 7. The molecule has 5 aliphatic rings. The van der Waals surface area contributed by atoms with E-state index in [9.17, 15) is 29.4 Å². The Bertz CT molecular complexity index is 1710. The van der Waals surface area contributed by atoms with Gasteiger partial charge in [0.05, 0.1) is 18.1 Å². The smallest absolute Gasteiger partial charge is 0.233 e. The van der Waals surface area contributed by atoms with Crippen molar-refractivity contribution in [3.8, 4) is 17.2 Å². The number of amides is 2. The Morgan fingerprint density at radius 1 is 0.952 bits per heavy atom. The number of Topliss-reactive ketones (excluding diaryl/α,β-unsaturated/α-hetero) is 1. The van der Waals surface area contributed by atoms with Crippen molar-refractivity contribution in [2.75, 3.05) is 6.54 Å². The molecule has 0 saturated carbocycles. The van der Waals surface area contributed by atoms with Crippen LogP contribution in [0.25, 0.3) is 0 Å². The summed E-state index contributed by atoms with van der Waals surface area (Å²) in [6, 6.07) is 11.6. The van der Waals surface area contributed by atoms with Crippen molar-refractivity contribution in [3.05, 3.63) is 99.9 Å². The number of phenols is 2. The van der Waals surface area contributed by atoms with Crippen LogP contribution in [0.1, 0.15) is 30.9 Å². The lowest BCUT2D eigenvalue weighted by molar-refractivity contribution is -0.140. The number of benzene rings is 2. The molecule has 0 aromatic heterocycles. The maximum atomic E-state index is 13.9. The summed E-state index contributed by atoms with van der Waals surface area (Å²) >= 11 is 0. The first-order chi connectivity index (χ1) is 20.2. The molecule has 2 heterocycles. The highest BCUT2D eigenvalue weighted by atomic mass is 16.5. The zero-order valence-corrected chi connectivity index (χ0v) is 23.0. The number of aromatic hydroxyl groups is 2. The van der Waals surface area contributed by atoms with Crippen molar-refractivity contribution < 1.29 is 34.1 Å². The van der Waals surface area contributed by atoms with Gasteiger partial charge < -0.3 is 14.9 Å². The lowest BCUT2D eigenvalue weighted by Gasteiger charge is -2.43. The van der Waals surface area contributed by atoms with Gasteiger partial charge in [0, 0.05) is 41.2 Å². The first-order valence-electron chi connectivity index (χ1n) is 14.2. The van der Waals surface area contributed by atoms with Crippen molar-refractivity contribution in [2.24, 2.45) is 23.7 Å². The molecule has 212 valence electrons. The number of imide groups is 1. The molecule has 2 aromatic carbocycles. The average molecular weight is 564 g/mol. The fourth-order valence-electron chi connectivity index (χ4n) is 7.36. The van der Waals surface area contributed by atoms with Crippen LogP contribution in [0.3, 0.4) is 0 Å². The molecule has 2 amide bonds. The van der Waals surface area contributed by atoms with Crippen molar-refractivity contribution in [1.82, 2.24) is 4.90 Å². The number of fused-ring (bicyclic) bond motifs is 4. The normalized spacial score (nSPS) is 26.5. The molecule has 0 radical (unpaired) electrons. The SMILES string of the molecule is CC1=CC(=O)C2=C(C1=O)C(C1=COc3ccc(O)cc3C1)C1=CCC3C(=O)N(CCc4ccc(O)cc4)C(=O)C3C1C2. The van der Waals surface area contributed by atoms with Gasteiger partial charge in [-0.2, -0.15) is 0 Å². The number of phenolic OH excluding ortho intramolecular Hbond substituents is 2. The Morgan fingerprint density at radius 2 is 1.71 bits per heavy atom. The molecular weight excluding hydrogens is 534 g/mol. The van der Waals surface area contributed by atoms with Gasteiger partial charge >= 0.3 is 0 Å². The zero-order valence-electron chi connectivity index (χ0n) is 23.0. The average Bonchev–Trinajstić information content (AvgIpc) is 3.23. The van der Waals surface area contributed by atoms with E-state index < -0.39 is 23.7 Å². The number of allylic oxidation sites excluding steroid dienone is 7. The number of rotatable bonds is 4. The molecule has 7 rings (SSSR count). The summed E-state index contributed by atoms with van der Waals surface area (Å²) in [4.78, 5) is 55.7. The van der Waals surface area contributed by atoms with Crippen LogP contribution < -0.4 is 4.74 Å². The quantitative estimate of drug-likeness (QED) is 0.326. The van der Waals surface area contributed by atoms with Gasteiger partial charge in [-0.05, 0) is 79.6 Å². The minimum atomic E-state index is -0.620. The monoisotopic (exact) mass is 563 g/mol. The number of ketones is 2. The van der Waals surface area contributed by atoms with E-state index in [1.54, 1.807) is 55.7 Å². The lowest BCUT2D eigenvalue weighted by atomic mass is 9.58. The first-order valence-corrected chi connectivity index (χ1v) is 14.2. The predicted molar refractivity (Wildman–Crippen MR) is 151 cm³/mol. The van der Waals surface area contributed by atoms with Gasteiger partial charge in [-0.3, -0.25) is 24.1 Å². The highest BCUT2D eigenvalue weighted by Crippen LogP contribution is 2.54. The number of likely N-dealkylation sites (tertiary alicyclic amines) is 1. The molecule has 1 saturated heterocycles. The summed E-state index contributed by atoms with van der Waals surface area (Å²) in [5.74, 6) is -2.12. The fraction of sp³-hybridized carbons (Fsp3) is 0.294. The summed E-state index contributed by atoms with van der Waals surface area (Å²) in [5, 5.41) is 19.7. The minimum Gasteiger partial charge on any atom is -0.508 e. The van der Waals surface area contributed by atoms with Crippen molar-refractivity contribution in [2.45, 2.75) is 32.6 Å². The van der Waals surface area contributed by atoms with E-state index in [0.717, 1.165) is 22.3 Å². The minimum absolute atomic E-state index is 0.102. The van der Waals surface area contributed by atoms with Gasteiger partial charge in [-0.25, -0.2) is 0 Å². The van der Waals surface area contributed by atoms with E-state index >= 15 is 0 Å². The molecule has 2 aromatic rings. The van der Waals surface area contributed by atoms with Gasteiger partial charge in [-0.15, -0.1) is 0 Å². The second kappa shape index (κ2) is 9.69. The highest BCUT2D eigenvalue weighted by molar-refractivity contribution is 6.23. The van der Waals surface area contributed by atoms with E-state index in [0.29, 0.717) is 41.7 Å². The molecule has 2 N–H and O–H groups in total. The highest BCUT2D eigenvalue weighted by Gasteiger charge is 2.56. The van der Waals surface area contributed by atoms with Crippen LogP contribution in [0, 0.1) is 23.7 Å². The third-order valence-electron chi connectivity index (χ3n) is 9.36. The maximum absolute atomic E-state index is 13.9. The number of ether oxygens (including phenoxy) is 1. The number of carbonyl (C=O) groups excluding carboxylic acids is 4. The van der Waals surface area contributed by atoms with Crippen molar-refractivity contribution in [3.63, 3.8) is 0 Å². The Morgan fingerprint density at radius 3 is 2.50 bits per heavy atom. The van der Waals surface area contributed by atoms with Crippen LogP contribution in [-0.4, -0.2) is 45.0 Å². The number of nitrogens with zero attached hydrogens (tertiary/aromatic N) is 1. The molecule has 0 bridgehead atoms. The van der Waals surface area contributed by atoms with Crippen molar-refractivity contribution >= 4 is 23.4 Å². The fourth-order valence-corrected chi connectivity index (χ4v) is 7.36. The molecular formula is C34H29NO7. The second-order valence-corrected chi connectivity index (χ2v) is 11.8. The van der Waals surface area contributed by atoms with E-state index in [2.05, 4.69) is 0 Å². The third kappa shape index (κ3) is 4.04. The molecule has 4 atom stereocenters. The lowest BCUT2D eigenvalue weighted by Crippen LogP contribution is -2.41. The number of hydrogen-bond donors (Lipinski definition) is 2. The Kier molecular flexibility index (Phi) is 6.04. The zero-order chi connectivity index (χ0) is 29.3. The molecule has 4 unspecified atom stereocenters. The van der Waals surface area contributed by atoms with E-state index in [4.69, 9.17) is 4.74 Å². The van der Waals surface area contributed by atoms with Crippen LogP contribution >= 0.6 is 0 Å². The van der Waals surface area contributed by atoms with Crippen molar-refractivity contribution in [1.29, 1.82) is 0 Å². The van der Waals surface area contributed by atoms with E-state index in [1.807, 2.05) is 6.08 Å². The summed E-state index contributed by atoms with van der Waals surface area (Å²) in [7, 11) is 0. The first kappa shape index (κ1) is 26.2. The van der Waals surface area contributed by atoms with Gasteiger partial charge in [0.25, 0.3) is 0 Å². The van der Waals surface area contributed by atoms with Crippen LogP contribution in [0.2, 0.25) is 0 Å². The molecule has 0 spiro atoms. The van der Waals surface area contributed by atoms with E-state index in [1.165, 1.54) is 11.0 Å². The second-order valence-electron chi connectivity index (χ2n) is 11.8. The summed E-state index contributed by atoms with van der Waals surface area (Å²) in [5.41, 5.74) is 4.53. The predicted octanol–water partition coefficient (Wildman–Crippen LogP) is 4.12. The Balaban J connectivity index is 1.25. The van der Waals surface area contributed by atoms with Crippen LogP contribution in [-0.2, 0) is 32.0 Å². The Labute approximate surface area is 242 Å². The van der Waals surface area contributed by atoms with E-state index in [-0.39, 0.29) is 47.8 Å². The molecule has 42 heavy (non-hydrogen) atoms. The molecule has 8 nitrogen and oxygen atoms in total. The van der Waals surface area contributed by atoms with Crippen LogP contribution in [0.15, 0.2) is 88.7 Å². The van der Waals surface area contributed by atoms with Crippen LogP contribution in [0.5, 0.6) is 17.2 Å². The maximum Gasteiger partial charge on any atom is 0.233 e.